The van der Waals surface area contributed by atoms with Gasteiger partial charge in [-0.15, -0.1) is 0 Å². The maximum absolute atomic E-state index is 13.7. The van der Waals surface area contributed by atoms with E-state index in [1.165, 1.54) is 18.3 Å². The fraction of sp³-hybridized carbons (Fsp3) is 0.381. The van der Waals surface area contributed by atoms with Gasteiger partial charge in [-0.05, 0) is 56.5 Å². The SMILES string of the molecule is CC(OCC1CCCCO1)C(=O)Nc1cc(F)ccc1NC(=O)c1ccccn1. The van der Waals surface area contributed by atoms with E-state index in [1.54, 1.807) is 25.1 Å². The molecule has 0 spiro atoms. The molecule has 8 heteroatoms. The molecule has 7 nitrogen and oxygen atoms in total. The minimum Gasteiger partial charge on any atom is -0.376 e. The molecule has 3 rings (SSSR count). The summed E-state index contributed by atoms with van der Waals surface area (Å²) in [6.45, 7) is 2.64. The molecule has 1 aliphatic rings. The number of nitrogens with one attached hydrogen (secondary N) is 2. The number of halogens is 1. The van der Waals surface area contributed by atoms with Crippen LogP contribution in [-0.2, 0) is 14.3 Å². The van der Waals surface area contributed by atoms with Crippen LogP contribution in [0.4, 0.5) is 15.8 Å². The van der Waals surface area contributed by atoms with Crippen LogP contribution >= 0.6 is 0 Å². The van der Waals surface area contributed by atoms with Crippen LogP contribution in [0, 0.1) is 5.82 Å². The lowest BCUT2D eigenvalue weighted by Gasteiger charge is -2.24. The normalized spacial score (nSPS) is 17.4. The van der Waals surface area contributed by atoms with Crippen LogP contribution in [0.2, 0.25) is 0 Å². The third-order valence-corrected chi connectivity index (χ3v) is 4.56. The van der Waals surface area contributed by atoms with Crippen molar-refractivity contribution in [1.29, 1.82) is 0 Å². The zero-order valence-electron chi connectivity index (χ0n) is 16.2. The highest BCUT2D eigenvalue weighted by atomic mass is 19.1. The molecule has 2 N–H and O–H groups in total. The summed E-state index contributed by atoms with van der Waals surface area (Å²) in [5, 5.41) is 5.25. The number of carbonyl (C=O) groups is 2. The number of amides is 2. The van der Waals surface area contributed by atoms with Crippen molar-refractivity contribution < 1.29 is 23.5 Å². The first-order valence-corrected chi connectivity index (χ1v) is 9.59. The highest BCUT2D eigenvalue weighted by Gasteiger charge is 2.20. The molecular formula is C21H24FN3O4. The summed E-state index contributed by atoms with van der Waals surface area (Å²) in [6.07, 6.45) is 3.75. The van der Waals surface area contributed by atoms with E-state index in [1.807, 2.05) is 0 Å². The first-order valence-electron chi connectivity index (χ1n) is 9.59. The van der Waals surface area contributed by atoms with Gasteiger partial charge in [0.2, 0.25) is 0 Å². The molecule has 2 heterocycles. The Hall–Kier alpha value is -2.84. The van der Waals surface area contributed by atoms with Gasteiger partial charge < -0.3 is 20.1 Å². The molecule has 0 radical (unpaired) electrons. The average Bonchev–Trinajstić information content (AvgIpc) is 2.75. The summed E-state index contributed by atoms with van der Waals surface area (Å²) in [7, 11) is 0. The molecule has 29 heavy (non-hydrogen) atoms. The number of benzene rings is 1. The molecule has 2 unspecified atom stereocenters. The zero-order chi connectivity index (χ0) is 20.6. The van der Waals surface area contributed by atoms with Gasteiger partial charge in [0.1, 0.15) is 17.6 Å². The molecular weight excluding hydrogens is 377 g/mol. The molecule has 154 valence electrons. The van der Waals surface area contributed by atoms with Crippen LogP contribution in [0.5, 0.6) is 0 Å². The van der Waals surface area contributed by atoms with Crippen LogP contribution in [0.3, 0.4) is 0 Å². The number of aromatic nitrogens is 1. The number of hydrogen-bond acceptors (Lipinski definition) is 5. The van der Waals surface area contributed by atoms with Gasteiger partial charge in [0.05, 0.1) is 24.1 Å². The second-order valence-electron chi connectivity index (χ2n) is 6.81. The van der Waals surface area contributed by atoms with E-state index in [9.17, 15) is 14.0 Å². The summed E-state index contributed by atoms with van der Waals surface area (Å²) < 4.78 is 24.9. The Morgan fingerprint density at radius 1 is 1.24 bits per heavy atom. The van der Waals surface area contributed by atoms with Gasteiger partial charge in [0, 0.05) is 12.8 Å². The van der Waals surface area contributed by atoms with Gasteiger partial charge >= 0.3 is 0 Å². The third kappa shape index (κ3) is 6.07. The minimum atomic E-state index is -0.761. The van der Waals surface area contributed by atoms with E-state index in [0.29, 0.717) is 13.2 Å². The fourth-order valence-corrected chi connectivity index (χ4v) is 2.91. The second-order valence-corrected chi connectivity index (χ2v) is 6.81. The van der Waals surface area contributed by atoms with Crippen molar-refractivity contribution >= 4 is 23.2 Å². The quantitative estimate of drug-likeness (QED) is 0.742. The Morgan fingerprint density at radius 2 is 2.10 bits per heavy atom. The Morgan fingerprint density at radius 3 is 2.83 bits per heavy atom. The topological polar surface area (TPSA) is 89.5 Å². The Balaban J connectivity index is 1.62. The van der Waals surface area contributed by atoms with Gasteiger partial charge in [0.15, 0.2) is 0 Å². The molecule has 2 aromatic rings. The Labute approximate surface area is 168 Å². The van der Waals surface area contributed by atoms with Gasteiger partial charge in [0.25, 0.3) is 11.8 Å². The molecule has 2 atom stereocenters. The van der Waals surface area contributed by atoms with Gasteiger partial charge in [-0.1, -0.05) is 6.07 Å². The average molecular weight is 401 g/mol. The van der Waals surface area contributed by atoms with E-state index >= 15 is 0 Å². The maximum Gasteiger partial charge on any atom is 0.274 e. The molecule has 2 amide bonds. The smallest absolute Gasteiger partial charge is 0.274 e. The first kappa shape index (κ1) is 20.9. The maximum atomic E-state index is 13.7. The van der Waals surface area contributed by atoms with Crippen LogP contribution < -0.4 is 10.6 Å². The van der Waals surface area contributed by atoms with Crippen molar-refractivity contribution in [2.75, 3.05) is 23.8 Å². The zero-order valence-corrected chi connectivity index (χ0v) is 16.2. The molecule has 1 saturated heterocycles. The number of carbonyl (C=O) groups excluding carboxylic acids is 2. The predicted molar refractivity (Wildman–Crippen MR) is 106 cm³/mol. The molecule has 1 fully saturated rings. The van der Waals surface area contributed by atoms with Gasteiger partial charge in [-0.2, -0.15) is 0 Å². The minimum absolute atomic E-state index is 0.0126. The predicted octanol–water partition coefficient (Wildman–Crippen LogP) is 3.39. The van der Waals surface area contributed by atoms with Crippen molar-refractivity contribution in [2.24, 2.45) is 0 Å². The number of ether oxygens (including phenoxy) is 2. The van der Waals surface area contributed by atoms with Crippen molar-refractivity contribution in [3.8, 4) is 0 Å². The monoisotopic (exact) mass is 401 g/mol. The summed E-state index contributed by atoms with van der Waals surface area (Å²) >= 11 is 0. The first-order chi connectivity index (χ1) is 14.0. The van der Waals surface area contributed by atoms with E-state index in [-0.39, 0.29) is 23.2 Å². The van der Waals surface area contributed by atoms with Crippen molar-refractivity contribution in [3.05, 3.63) is 54.1 Å². The highest BCUT2D eigenvalue weighted by molar-refractivity contribution is 6.06. The van der Waals surface area contributed by atoms with E-state index in [2.05, 4.69) is 15.6 Å². The van der Waals surface area contributed by atoms with Crippen LogP contribution in [-0.4, -0.2) is 42.2 Å². The Kier molecular flexibility index (Phi) is 7.26. The van der Waals surface area contributed by atoms with Crippen LogP contribution in [0.1, 0.15) is 36.7 Å². The van der Waals surface area contributed by atoms with Crippen LogP contribution in [0.15, 0.2) is 42.6 Å². The van der Waals surface area contributed by atoms with Crippen molar-refractivity contribution in [2.45, 2.75) is 38.4 Å². The fourth-order valence-electron chi connectivity index (χ4n) is 2.91. The number of anilines is 2. The summed E-state index contributed by atoms with van der Waals surface area (Å²) in [5.74, 6) is -1.45. The van der Waals surface area contributed by atoms with Gasteiger partial charge in [-0.25, -0.2) is 4.39 Å². The summed E-state index contributed by atoms with van der Waals surface area (Å²) in [5.41, 5.74) is 0.611. The number of pyridine rings is 1. The molecule has 1 aromatic heterocycles. The molecule has 1 aromatic carbocycles. The van der Waals surface area contributed by atoms with Crippen molar-refractivity contribution in [3.63, 3.8) is 0 Å². The third-order valence-electron chi connectivity index (χ3n) is 4.56. The van der Waals surface area contributed by atoms with E-state index < -0.39 is 23.7 Å². The second kappa shape index (κ2) is 10.1. The molecule has 0 saturated carbocycles. The molecule has 1 aliphatic heterocycles. The lowest BCUT2D eigenvalue weighted by molar-refractivity contribution is -0.130. The number of nitrogens with zero attached hydrogens (tertiary/aromatic N) is 1. The molecule has 0 aliphatic carbocycles. The lowest BCUT2D eigenvalue weighted by atomic mass is 10.1. The number of rotatable bonds is 7. The summed E-state index contributed by atoms with van der Waals surface area (Å²) in [4.78, 5) is 28.8. The van der Waals surface area contributed by atoms with E-state index in [4.69, 9.17) is 9.47 Å². The standard InChI is InChI=1S/C21H24FN3O4/c1-14(29-13-16-6-3-5-11-28-16)20(26)25-19-12-15(22)8-9-17(19)24-21(27)18-7-2-4-10-23-18/h2,4,7-10,12,14,16H,3,5-6,11,13H2,1H3,(H,24,27)(H,25,26). The largest absolute Gasteiger partial charge is 0.376 e. The van der Waals surface area contributed by atoms with Crippen LogP contribution in [0.25, 0.3) is 0 Å². The van der Waals surface area contributed by atoms with Gasteiger partial charge in [-0.3, -0.25) is 14.6 Å². The van der Waals surface area contributed by atoms with Crippen molar-refractivity contribution in [1.82, 2.24) is 4.98 Å². The highest BCUT2D eigenvalue weighted by Crippen LogP contribution is 2.24. The lowest BCUT2D eigenvalue weighted by Crippen LogP contribution is -2.33. The Bertz CT molecular complexity index is 841. The number of hydrogen-bond donors (Lipinski definition) is 2. The summed E-state index contributed by atoms with van der Waals surface area (Å²) in [6, 6.07) is 8.66. The molecule has 0 bridgehead atoms. The van der Waals surface area contributed by atoms with E-state index in [0.717, 1.165) is 25.3 Å².